The number of nitrogens with zero attached hydrogens (tertiary/aromatic N) is 1. The fourth-order valence-electron chi connectivity index (χ4n) is 2.39. The van der Waals surface area contributed by atoms with Crippen molar-refractivity contribution in [3.8, 4) is 0 Å². The van der Waals surface area contributed by atoms with Crippen molar-refractivity contribution in [2.75, 3.05) is 12.4 Å². The van der Waals surface area contributed by atoms with Crippen LogP contribution in [0.4, 0.5) is 0 Å². The van der Waals surface area contributed by atoms with E-state index in [1.807, 2.05) is 36.9 Å². The van der Waals surface area contributed by atoms with Crippen LogP contribution in [0.5, 0.6) is 0 Å². The smallest absolute Gasteiger partial charge is 0.227 e. The summed E-state index contributed by atoms with van der Waals surface area (Å²) in [6.07, 6.45) is 0.430. The van der Waals surface area contributed by atoms with Crippen molar-refractivity contribution in [3.05, 3.63) is 48.0 Å². The van der Waals surface area contributed by atoms with E-state index in [1.165, 1.54) is 10.8 Å². The van der Waals surface area contributed by atoms with Crippen molar-refractivity contribution in [2.45, 2.75) is 26.3 Å². The van der Waals surface area contributed by atoms with Crippen LogP contribution in [-0.4, -0.2) is 29.3 Å². The number of alkyl halides is 1. The Kier molecular flexibility index (Phi) is 5.02. The molecule has 0 fully saturated rings. The number of fused-ring (bicyclic) bond motifs is 1. The second-order valence-electron chi connectivity index (χ2n) is 5.23. The van der Waals surface area contributed by atoms with Gasteiger partial charge in [-0.3, -0.25) is 4.79 Å². The van der Waals surface area contributed by atoms with Crippen LogP contribution < -0.4 is 0 Å². The Morgan fingerprint density at radius 1 is 1.15 bits per heavy atom. The summed E-state index contributed by atoms with van der Waals surface area (Å²) >= 11 is 5.77. The molecule has 3 heteroatoms. The number of amides is 1. The Bertz CT molecular complexity index is 594. The molecule has 0 aliphatic heterocycles. The van der Waals surface area contributed by atoms with Crippen LogP contribution in [0, 0.1) is 0 Å². The van der Waals surface area contributed by atoms with Crippen molar-refractivity contribution in [1.29, 1.82) is 0 Å². The lowest BCUT2D eigenvalue weighted by atomic mass is 10.0. The quantitative estimate of drug-likeness (QED) is 0.766. The molecule has 0 radical (unpaired) electrons. The molecule has 106 valence electrons. The van der Waals surface area contributed by atoms with E-state index in [-0.39, 0.29) is 11.9 Å². The Labute approximate surface area is 125 Å². The highest BCUT2D eigenvalue weighted by molar-refractivity contribution is 6.18. The average Bonchev–Trinajstić information content (AvgIpc) is 2.44. The van der Waals surface area contributed by atoms with E-state index in [2.05, 4.69) is 24.3 Å². The van der Waals surface area contributed by atoms with Crippen LogP contribution in [0.2, 0.25) is 0 Å². The predicted octanol–water partition coefficient (Wildman–Crippen LogP) is 3.86. The predicted molar refractivity (Wildman–Crippen MR) is 85.2 cm³/mol. The first-order valence-electron chi connectivity index (χ1n) is 6.95. The van der Waals surface area contributed by atoms with Gasteiger partial charge in [0.05, 0.1) is 6.42 Å². The molecule has 0 heterocycles. The zero-order chi connectivity index (χ0) is 14.5. The van der Waals surface area contributed by atoms with Crippen LogP contribution >= 0.6 is 11.6 Å². The van der Waals surface area contributed by atoms with Crippen molar-refractivity contribution in [1.82, 2.24) is 4.90 Å². The Hall–Kier alpha value is -1.54. The summed E-state index contributed by atoms with van der Waals surface area (Å²) < 4.78 is 0. The maximum atomic E-state index is 12.3. The van der Waals surface area contributed by atoms with Gasteiger partial charge < -0.3 is 4.90 Å². The maximum absolute atomic E-state index is 12.3. The van der Waals surface area contributed by atoms with Gasteiger partial charge in [0.2, 0.25) is 5.91 Å². The fourth-order valence-corrected chi connectivity index (χ4v) is 2.57. The molecule has 0 aliphatic rings. The summed E-state index contributed by atoms with van der Waals surface area (Å²) in [5, 5.41) is 2.37. The molecule has 0 atom stereocenters. The molecule has 2 aromatic carbocycles. The Balaban J connectivity index is 2.16. The fraction of sp³-hybridized carbons (Fsp3) is 0.353. The second kappa shape index (κ2) is 6.76. The Morgan fingerprint density at radius 3 is 2.50 bits per heavy atom. The van der Waals surface area contributed by atoms with Crippen LogP contribution in [-0.2, 0) is 11.2 Å². The molecule has 2 nitrogen and oxygen atoms in total. The largest absolute Gasteiger partial charge is 0.339 e. The van der Waals surface area contributed by atoms with Gasteiger partial charge in [-0.15, -0.1) is 11.6 Å². The van der Waals surface area contributed by atoms with E-state index < -0.39 is 0 Å². The van der Waals surface area contributed by atoms with Gasteiger partial charge in [-0.25, -0.2) is 0 Å². The molecular formula is C17H20ClNO. The molecule has 0 spiro atoms. The maximum Gasteiger partial charge on any atom is 0.227 e. The standard InChI is InChI=1S/C17H20ClNO/c1-13(2)19(10-9-18)17(20)12-14-7-8-15-5-3-4-6-16(15)11-14/h3-8,11,13H,9-10,12H2,1-2H3. The highest BCUT2D eigenvalue weighted by Gasteiger charge is 2.16. The van der Waals surface area contributed by atoms with Gasteiger partial charge in [-0.05, 0) is 30.2 Å². The molecule has 0 N–H and O–H groups in total. The molecular weight excluding hydrogens is 270 g/mol. The minimum atomic E-state index is 0.135. The van der Waals surface area contributed by atoms with E-state index in [0.29, 0.717) is 18.8 Å². The van der Waals surface area contributed by atoms with Gasteiger partial charge in [-0.1, -0.05) is 42.5 Å². The molecule has 0 aliphatic carbocycles. The third-order valence-corrected chi connectivity index (χ3v) is 3.61. The van der Waals surface area contributed by atoms with Gasteiger partial charge in [0.15, 0.2) is 0 Å². The van der Waals surface area contributed by atoms with Crippen molar-refractivity contribution in [2.24, 2.45) is 0 Å². The normalized spacial score (nSPS) is 11.0. The van der Waals surface area contributed by atoms with E-state index in [0.717, 1.165) is 5.56 Å². The molecule has 0 unspecified atom stereocenters. The zero-order valence-corrected chi connectivity index (χ0v) is 12.7. The SMILES string of the molecule is CC(C)N(CCCl)C(=O)Cc1ccc2ccccc2c1. The lowest BCUT2D eigenvalue weighted by Gasteiger charge is -2.26. The minimum Gasteiger partial charge on any atom is -0.339 e. The first kappa shape index (κ1) is 14.9. The molecule has 2 aromatic rings. The first-order chi connectivity index (χ1) is 9.61. The molecule has 0 saturated heterocycles. The van der Waals surface area contributed by atoms with Crippen LogP contribution in [0.1, 0.15) is 19.4 Å². The number of halogens is 1. The highest BCUT2D eigenvalue weighted by atomic mass is 35.5. The van der Waals surface area contributed by atoms with Crippen molar-refractivity contribution >= 4 is 28.3 Å². The Morgan fingerprint density at radius 2 is 1.85 bits per heavy atom. The number of hydrogen-bond donors (Lipinski definition) is 0. The minimum absolute atomic E-state index is 0.135. The molecule has 0 saturated carbocycles. The first-order valence-corrected chi connectivity index (χ1v) is 7.48. The summed E-state index contributed by atoms with van der Waals surface area (Å²) in [4.78, 5) is 14.2. The molecule has 0 bridgehead atoms. The number of carbonyl (C=O) groups excluding carboxylic acids is 1. The van der Waals surface area contributed by atoms with Crippen LogP contribution in [0.15, 0.2) is 42.5 Å². The van der Waals surface area contributed by atoms with E-state index >= 15 is 0 Å². The molecule has 0 aromatic heterocycles. The summed E-state index contributed by atoms with van der Waals surface area (Å²) in [6, 6.07) is 14.6. The molecule has 1 amide bonds. The number of carbonyl (C=O) groups is 1. The van der Waals surface area contributed by atoms with E-state index in [9.17, 15) is 4.79 Å². The lowest BCUT2D eigenvalue weighted by Crippen LogP contribution is -2.39. The lowest BCUT2D eigenvalue weighted by molar-refractivity contribution is -0.131. The summed E-state index contributed by atoms with van der Waals surface area (Å²) in [7, 11) is 0. The summed E-state index contributed by atoms with van der Waals surface area (Å²) in [5.74, 6) is 0.609. The average molecular weight is 290 g/mol. The highest BCUT2D eigenvalue weighted by Crippen LogP contribution is 2.16. The van der Waals surface area contributed by atoms with E-state index in [4.69, 9.17) is 11.6 Å². The monoisotopic (exact) mass is 289 g/mol. The van der Waals surface area contributed by atoms with Gasteiger partial charge in [0, 0.05) is 18.5 Å². The number of rotatable bonds is 5. The van der Waals surface area contributed by atoms with Crippen molar-refractivity contribution in [3.63, 3.8) is 0 Å². The van der Waals surface area contributed by atoms with Gasteiger partial charge in [-0.2, -0.15) is 0 Å². The summed E-state index contributed by atoms with van der Waals surface area (Å²) in [6.45, 7) is 4.64. The second-order valence-corrected chi connectivity index (χ2v) is 5.61. The van der Waals surface area contributed by atoms with E-state index in [1.54, 1.807) is 0 Å². The van der Waals surface area contributed by atoms with Crippen molar-refractivity contribution < 1.29 is 4.79 Å². The van der Waals surface area contributed by atoms with Gasteiger partial charge >= 0.3 is 0 Å². The molecule has 2 rings (SSSR count). The number of hydrogen-bond acceptors (Lipinski definition) is 1. The topological polar surface area (TPSA) is 20.3 Å². The number of benzene rings is 2. The van der Waals surface area contributed by atoms with Crippen LogP contribution in [0.3, 0.4) is 0 Å². The third-order valence-electron chi connectivity index (χ3n) is 3.44. The van der Waals surface area contributed by atoms with Crippen LogP contribution in [0.25, 0.3) is 10.8 Å². The molecule has 20 heavy (non-hydrogen) atoms. The van der Waals surface area contributed by atoms with Gasteiger partial charge in [0.25, 0.3) is 0 Å². The van der Waals surface area contributed by atoms with Gasteiger partial charge in [0.1, 0.15) is 0 Å². The third kappa shape index (κ3) is 3.51. The summed E-state index contributed by atoms with van der Waals surface area (Å²) in [5.41, 5.74) is 1.05. The zero-order valence-electron chi connectivity index (χ0n) is 12.0.